The Morgan fingerprint density at radius 3 is 2.62 bits per heavy atom. The SMILES string of the molecule is CN(I)C(=O)c1nnc(NC(=O)C2CC2)cc1Nc1nc2ccc(C3CN(C(=O)c4ncn(C)n4)C3)cn2n1. The van der Waals surface area contributed by atoms with Gasteiger partial charge < -0.3 is 15.5 Å². The quantitative estimate of drug-likeness (QED) is 0.222. The summed E-state index contributed by atoms with van der Waals surface area (Å²) in [5, 5.41) is 22.5. The number of rotatable bonds is 7. The van der Waals surface area contributed by atoms with E-state index in [0.717, 1.165) is 18.4 Å². The molecule has 3 amide bonds. The predicted molar refractivity (Wildman–Crippen MR) is 145 cm³/mol. The summed E-state index contributed by atoms with van der Waals surface area (Å²) < 4.78 is 4.49. The molecule has 0 unspecified atom stereocenters. The van der Waals surface area contributed by atoms with Crippen molar-refractivity contribution < 1.29 is 14.4 Å². The second-order valence-electron chi connectivity index (χ2n) is 9.51. The molecule has 5 heterocycles. The van der Waals surface area contributed by atoms with Gasteiger partial charge in [0.2, 0.25) is 17.7 Å². The van der Waals surface area contributed by atoms with Gasteiger partial charge in [-0.05, 0) is 24.5 Å². The number of halogens is 1. The van der Waals surface area contributed by atoms with Gasteiger partial charge >= 0.3 is 0 Å². The van der Waals surface area contributed by atoms with Crippen molar-refractivity contribution in [3.8, 4) is 0 Å². The van der Waals surface area contributed by atoms with Crippen LogP contribution in [0.1, 0.15) is 45.4 Å². The number of pyridine rings is 1. The van der Waals surface area contributed by atoms with E-state index >= 15 is 0 Å². The molecule has 0 aromatic carbocycles. The Kier molecular flexibility index (Phi) is 6.32. The summed E-state index contributed by atoms with van der Waals surface area (Å²) in [5.41, 5.74) is 1.99. The first-order valence-corrected chi connectivity index (χ1v) is 13.1. The number of amides is 3. The summed E-state index contributed by atoms with van der Waals surface area (Å²) in [4.78, 5) is 47.7. The van der Waals surface area contributed by atoms with Crippen LogP contribution in [0.2, 0.25) is 0 Å². The van der Waals surface area contributed by atoms with Crippen molar-refractivity contribution in [1.29, 1.82) is 0 Å². The molecular formula is C23H23IN12O3. The third kappa shape index (κ3) is 5.10. The molecule has 0 radical (unpaired) electrons. The number of hydrogen-bond donors (Lipinski definition) is 2. The Balaban J connectivity index is 1.19. The van der Waals surface area contributed by atoms with E-state index in [1.165, 1.54) is 14.1 Å². The molecule has 1 saturated carbocycles. The smallest absolute Gasteiger partial charge is 0.293 e. The summed E-state index contributed by atoms with van der Waals surface area (Å²) in [5.74, 6) is 0.120. The van der Waals surface area contributed by atoms with Crippen LogP contribution in [-0.2, 0) is 11.8 Å². The minimum Gasteiger partial charge on any atom is -0.335 e. The van der Waals surface area contributed by atoms with Crippen LogP contribution < -0.4 is 10.6 Å². The number of hydrogen-bond acceptors (Lipinski definition) is 10. The number of nitrogens with zero attached hydrogens (tertiary/aromatic N) is 10. The molecule has 6 rings (SSSR count). The van der Waals surface area contributed by atoms with Crippen LogP contribution in [0.4, 0.5) is 17.5 Å². The zero-order valence-corrected chi connectivity index (χ0v) is 23.1. The fraction of sp³-hybridized carbons (Fsp3) is 0.348. The molecule has 1 aliphatic carbocycles. The third-order valence-corrected chi connectivity index (χ3v) is 6.95. The molecule has 4 aromatic rings. The molecular weight excluding hydrogens is 619 g/mol. The molecule has 1 saturated heterocycles. The van der Waals surface area contributed by atoms with Gasteiger partial charge in [0.25, 0.3) is 11.8 Å². The molecule has 4 aromatic heterocycles. The van der Waals surface area contributed by atoms with E-state index < -0.39 is 0 Å². The van der Waals surface area contributed by atoms with Gasteiger partial charge in [0.1, 0.15) is 6.33 Å². The first-order chi connectivity index (χ1) is 18.7. The summed E-state index contributed by atoms with van der Waals surface area (Å²) in [7, 11) is 3.32. The minimum absolute atomic E-state index is 0.00756. The van der Waals surface area contributed by atoms with Crippen molar-refractivity contribution in [2.45, 2.75) is 18.8 Å². The lowest BCUT2D eigenvalue weighted by atomic mass is 9.92. The molecule has 1 aliphatic heterocycles. The third-order valence-electron chi connectivity index (χ3n) is 6.51. The Hall–Kier alpha value is -4.22. The Bertz CT molecular complexity index is 1600. The van der Waals surface area contributed by atoms with Gasteiger partial charge in [-0.25, -0.2) is 9.50 Å². The van der Waals surface area contributed by atoms with E-state index in [1.807, 2.05) is 41.2 Å². The number of anilines is 3. The first-order valence-electron chi connectivity index (χ1n) is 12.2. The summed E-state index contributed by atoms with van der Waals surface area (Å²) >= 11 is 1.86. The molecule has 39 heavy (non-hydrogen) atoms. The highest BCUT2D eigenvalue weighted by Crippen LogP contribution is 2.31. The summed E-state index contributed by atoms with van der Waals surface area (Å²) in [6.07, 6.45) is 5.07. The number of likely N-dealkylation sites (tertiary alicyclic amines) is 1. The van der Waals surface area contributed by atoms with Crippen LogP contribution in [-0.4, -0.2) is 85.4 Å². The molecule has 15 nitrogen and oxygen atoms in total. The molecule has 0 spiro atoms. The normalized spacial score (nSPS) is 15.2. The standard InChI is InChI=1S/C23H23IN12O3/c1-33-11-25-19(31-33)22(39)35-8-14(9-35)13-5-6-17-28-23(32-36(17)10-13)26-15-7-16(27-20(37)12-3-4-12)29-30-18(15)21(38)34(2)24/h5-7,10-12,14H,3-4,8-9H2,1-2H3,(H2,26,27,29,32,37). The van der Waals surface area contributed by atoms with Gasteiger partial charge in [-0.1, -0.05) is 6.07 Å². The highest BCUT2D eigenvalue weighted by molar-refractivity contribution is 14.1. The lowest BCUT2D eigenvalue weighted by Crippen LogP contribution is -2.48. The maximum atomic E-state index is 12.7. The molecule has 0 bridgehead atoms. The van der Waals surface area contributed by atoms with E-state index in [0.29, 0.717) is 24.4 Å². The van der Waals surface area contributed by atoms with Gasteiger partial charge in [-0.15, -0.1) is 20.4 Å². The fourth-order valence-electron chi connectivity index (χ4n) is 4.17. The van der Waals surface area contributed by atoms with E-state index in [4.69, 9.17) is 0 Å². The lowest BCUT2D eigenvalue weighted by molar-refractivity contribution is -0.117. The molecule has 2 N–H and O–H groups in total. The molecule has 2 aliphatic rings. The molecule has 200 valence electrons. The molecule has 16 heteroatoms. The summed E-state index contributed by atoms with van der Waals surface area (Å²) in [6, 6.07) is 5.35. The predicted octanol–water partition coefficient (Wildman–Crippen LogP) is 1.40. The van der Waals surface area contributed by atoms with E-state index in [9.17, 15) is 14.4 Å². The van der Waals surface area contributed by atoms with Gasteiger partial charge in [-0.3, -0.25) is 22.2 Å². The highest BCUT2D eigenvalue weighted by Gasteiger charge is 2.34. The number of nitrogens with one attached hydrogen (secondary N) is 2. The monoisotopic (exact) mass is 642 g/mol. The Morgan fingerprint density at radius 2 is 1.92 bits per heavy atom. The maximum Gasteiger partial charge on any atom is 0.293 e. The topological polar surface area (TPSA) is 168 Å². The van der Waals surface area contributed by atoms with Crippen LogP contribution in [0.15, 0.2) is 30.7 Å². The molecule has 0 atom stereocenters. The number of aromatic nitrogens is 8. The van der Waals surface area contributed by atoms with Gasteiger partial charge in [-0.2, -0.15) is 4.98 Å². The largest absolute Gasteiger partial charge is 0.335 e. The van der Waals surface area contributed by atoms with E-state index in [-0.39, 0.29) is 52.8 Å². The van der Waals surface area contributed by atoms with Crippen LogP contribution in [0.5, 0.6) is 0 Å². The molecule has 2 fully saturated rings. The zero-order valence-electron chi connectivity index (χ0n) is 20.9. The van der Waals surface area contributed by atoms with Gasteiger partial charge in [0, 0.05) is 51.3 Å². The van der Waals surface area contributed by atoms with Crippen molar-refractivity contribution in [2.75, 3.05) is 30.8 Å². The first kappa shape index (κ1) is 25.1. The van der Waals surface area contributed by atoms with Crippen molar-refractivity contribution in [2.24, 2.45) is 13.0 Å². The number of carbonyl (C=O) groups is 3. The second-order valence-corrected chi connectivity index (χ2v) is 11.0. The number of fused-ring (bicyclic) bond motifs is 1. The van der Waals surface area contributed by atoms with Gasteiger partial charge in [0.15, 0.2) is 17.2 Å². The minimum atomic E-state index is -0.373. The van der Waals surface area contributed by atoms with Gasteiger partial charge in [0.05, 0.1) is 28.6 Å². The van der Waals surface area contributed by atoms with Crippen molar-refractivity contribution >= 4 is 63.7 Å². The summed E-state index contributed by atoms with van der Waals surface area (Å²) in [6.45, 7) is 1.10. The Morgan fingerprint density at radius 1 is 1.13 bits per heavy atom. The van der Waals surface area contributed by atoms with Crippen molar-refractivity contribution in [1.82, 2.24) is 47.6 Å². The number of aryl methyl sites for hydroxylation is 1. The average molecular weight is 642 g/mol. The van der Waals surface area contributed by atoms with Crippen LogP contribution in [0, 0.1) is 5.92 Å². The van der Waals surface area contributed by atoms with Crippen molar-refractivity contribution in [3.63, 3.8) is 0 Å². The van der Waals surface area contributed by atoms with Crippen LogP contribution in [0.25, 0.3) is 5.65 Å². The Labute approximate surface area is 235 Å². The average Bonchev–Trinajstić information content (AvgIpc) is 3.52. The highest BCUT2D eigenvalue weighted by atomic mass is 127. The van der Waals surface area contributed by atoms with Crippen LogP contribution in [0.3, 0.4) is 0 Å². The second kappa shape index (κ2) is 9.83. The number of carbonyl (C=O) groups excluding carboxylic acids is 3. The van der Waals surface area contributed by atoms with E-state index in [1.54, 1.807) is 29.6 Å². The zero-order chi connectivity index (χ0) is 27.3. The van der Waals surface area contributed by atoms with Crippen LogP contribution >= 0.6 is 22.9 Å². The lowest BCUT2D eigenvalue weighted by Gasteiger charge is -2.38. The fourth-order valence-corrected chi connectivity index (χ4v) is 4.40. The van der Waals surface area contributed by atoms with E-state index in [2.05, 4.69) is 41.0 Å². The maximum absolute atomic E-state index is 12.7. The van der Waals surface area contributed by atoms with Crippen molar-refractivity contribution in [3.05, 3.63) is 47.8 Å².